The normalized spacial score (nSPS) is 10.6. The van der Waals surface area contributed by atoms with Crippen LogP contribution in [0.1, 0.15) is 32.6 Å². The summed E-state index contributed by atoms with van der Waals surface area (Å²) in [6.45, 7) is 3.68. The van der Waals surface area contributed by atoms with Crippen molar-refractivity contribution in [3.05, 3.63) is 62.2 Å². The summed E-state index contributed by atoms with van der Waals surface area (Å²) in [5, 5.41) is 3.18. The van der Waals surface area contributed by atoms with Crippen molar-refractivity contribution in [1.82, 2.24) is 4.57 Å². The Morgan fingerprint density at radius 2 is 1.89 bits per heavy atom. The highest BCUT2D eigenvalue weighted by Crippen LogP contribution is 2.36. The topological polar surface area (TPSA) is 77.4 Å². The lowest BCUT2D eigenvalue weighted by atomic mass is 10.1. The highest BCUT2D eigenvalue weighted by molar-refractivity contribution is 7.20. The average Bonchev–Trinajstić information content (AvgIpc) is 3.19. The number of carbonyl (C=O) groups excluding carboxylic acids is 2. The number of ether oxygens (including phenoxy) is 1. The molecule has 1 N–H and O–H groups in total. The molecule has 1 amide bonds. The third-order valence-electron chi connectivity index (χ3n) is 4.01. The summed E-state index contributed by atoms with van der Waals surface area (Å²) in [6.07, 6.45) is 0. The second-order valence-electron chi connectivity index (χ2n) is 5.74. The van der Waals surface area contributed by atoms with Gasteiger partial charge in [0.2, 0.25) is 0 Å². The maximum Gasteiger partial charge on any atom is 0.341 e. The third kappa shape index (κ3) is 3.86. The molecule has 0 radical (unpaired) electrons. The molecular weight excluding hydrogens is 384 g/mol. The van der Waals surface area contributed by atoms with E-state index in [0.29, 0.717) is 21.1 Å². The molecule has 0 saturated heterocycles. The summed E-state index contributed by atoms with van der Waals surface area (Å²) in [5.41, 5.74) is 1.82. The van der Waals surface area contributed by atoms with Crippen molar-refractivity contribution in [1.29, 1.82) is 0 Å². The molecule has 0 saturated carbocycles. The Bertz CT molecular complexity index is 1050. The van der Waals surface area contributed by atoms with Gasteiger partial charge in [0.05, 0.1) is 12.2 Å². The van der Waals surface area contributed by atoms with Crippen molar-refractivity contribution in [2.24, 2.45) is 7.05 Å². The summed E-state index contributed by atoms with van der Waals surface area (Å²) < 4.78 is 6.54. The second-order valence-corrected chi connectivity index (χ2v) is 7.75. The molecule has 6 nitrogen and oxygen atoms in total. The van der Waals surface area contributed by atoms with Crippen LogP contribution in [0.3, 0.4) is 0 Å². The van der Waals surface area contributed by atoms with E-state index in [-0.39, 0.29) is 11.5 Å². The van der Waals surface area contributed by atoms with Crippen molar-refractivity contribution in [2.75, 3.05) is 11.9 Å². The number of anilines is 1. The predicted octanol–water partition coefficient (Wildman–Crippen LogP) is 3.91. The van der Waals surface area contributed by atoms with Gasteiger partial charge in [-0.15, -0.1) is 11.3 Å². The Balaban J connectivity index is 1.98. The van der Waals surface area contributed by atoms with Gasteiger partial charge in [0, 0.05) is 17.6 Å². The molecule has 0 bridgehead atoms. The van der Waals surface area contributed by atoms with E-state index in [1.165, 1.54) is 15.9 Å². The van der Waals surface area contributed by atoms with Crippen LogP contribution in [-0.2, 0) is 11.8 Å². The molecule has 2 heterocycles. The molecule has 0 aliphatic carbocycles. The lowest BCUT2D eigenvalue weighted by Crippen LogP contribution is -2.14. The number of nitrogens with one attached hydrogen (secondary N) is 1. The van der Waals surface area contributed by atoms with E-state index in [4.69, 9.17) is 4.74 Å². The minimum absolute atomic E-state index is 0.209. The molecule has 1 aromatic carbocycles. The molecule has 0 aliphatic rings. The van der Waals surface area contributed by atoms with Crippen LogP contribution in [0.25, 0.3) is 10.4 Å². The molecule has 0 fully saturated rings. The fourth-order valence-corrected chi connectivity index (χ4v) is 4.40. The molecule has 0 spiro atoms. The largest absolute Gasteiger partial charge is 0.462 e. The lowest BCUT2D eigenvalue weighted by Gasteiger charge is -2.05. The first kappa shape index (κ1) is 19.1. The van der Waals surface area contributed by atoms with Crippen molar-refractivity contribution >= 4 is 39.6 Å². The Kier molecular flexibility index (Phi) is 5.57. The molecule has 0 unspecified atom stereocenters. The molecule has 8 heteroatoms. The van der Waals surface area contributed by atoms with Gasteiger partial charge in [-0.05, 0) is 25.5 Å². The maximum absolute atomic E-state index is 12.7. The second kappa shape index (κ2) is 7.89. The Labute approximate surface area is 164 Å². The number of thiophene rings is 1. The van der Waals surface area contributed by atoms with Crippen molar-refractivity contribution < 1.29 is 14.3 Å². The van der Waals surface area contributed by atoms with Gasteiger partial charge < -0.3 is 14.6 Å². The van der Waals surface area contributed by atoms with Crippen molar-refractivity contribution in [3.8, 4) is 10.4 Å². The summed E-state index contributed by atoms with van der Waals surface area (Å²) in [5.74, 6) is -0.911. The Morgan fingerprint density at radius 3 is 2.48 bits per heavy atom. The fourth-order valence-electron chi connectivity index (χ4n) is 2.48. The monoisotopic (exact) mass is 402 g/mol. The fraction of sp³-hybridized carbons (Fsp3) is 0.211. The van der Waals surface area contributed by atoms with Gasteiger partial charge in [-0.1, -0.05) is 41.7 Å². The molecule has 27 heavy (non-hydrogen) atoms. The molecule has 3 aromatic rings. The van der Waals surface area contributed by atoms with E-state index in [1.54, 1.807) is 27.0 Å². The summed E-state index contributed by atoms with van der Waals surface area (Å²) in [6, 6.07) is 11.3. The number of esters is 1. The van der Waals surface area contributed by atoms with E-state index in [1.807, 2.05) is 30.3 Å². The zero-order valence-electron chi connectivity index (χ0n) is 15.1. The van der Waals surface area contributed by atoms with Crippen molar-refractivity contribution in [2.45, 2.75) is 13.8 Å². The van der Waals surface area contributed by atoms with Gasteiger partial charge >= 0.3 is 10.8 Å². The average molecular weight is 402 g/mol. The number of aromatic nitrogens is 1. The number of hydrogen-bond acceptors (Lipinski definition) is 6. The SMILES string of the molecule is CCOC(=O)c1cc(-c2ccccc2)sc1NC(=O)c1sc(=O)n(C)c1C. The van der Waals surface area contributed by atoms with E-state index in [9.17, 15) is 14.4 Å². The molecule has 2 aromatic heterocycles. The Morgan fingerprint density at radius 1 is 1.19 bits per heavy atom. The number of amides is 1. The van der Waals surface area contributed by atoms with E-state index >= 15 is 0 Å². The van der Waals surface area contributed by atoms with Gasteiger partial charge in [0.1, 0.15) is 9.88 Å². The first-order chi connectivity index (χ1) is 12.9. The van der Waals surface area contributed by atoms with Crippen LogP contribution in [-0.4, -0.2) is 23.1 Å². The van der Waals surface area contributed by atoms with Crippen LogP contribution < -0.4 is 10.2 Å². The van der Waals surface area contributed by atoms with Crippen LogP contribution in [0.4, 0.5) is 5.00 Å². The summed E-state index contributed by atoms with van der Waals surface area (Å²) in [7, 11) is 1.62. The van der Waals surface area contributed by atoms with Gasteiger partial charge in [-0.25, -0.2) is 4.79 Å². The van der Waals surface area contributed by atoms with Crippen molar-refractivity contribution in [3.63, 3.8) is 0 Å². The zero-order chi connectivity index (χ0) is 19.6. The molecular formula is C19H18N2O4S2. The summed E-state index contributed by atoms with van der Waals surface area (Å²) in [4.78, 5) is 37.8. The molecule has 140 valence electrons. The van der Waals surface area contributed by atoms with Gasteiger partial charge in [-0.3, -0.25) is 9.59 Å². The van der Waals surface area contributed by atoms with Gasteiger partial charge in [0.15, 0.2) is 0 Å². The molecule has 0 atom stereocenters. The maximum atomic E-state index is 12.7. The number of nitrogens with zero attached hydrogens (tertiary/aromatic N) is 1. The minimum atomic E-state index is -0.496. The molecule has 0 aliphatic heterocycles. The minimum Gasteiger partial charge on any atom is -0.462 e. The van der Waals surface area contributed by atoms with E-state index < -0.39 is 11.9 Å². The van der Waals surface area contributed by atoms with Crippen LogP contribution in [0, 0.1) is 6.92 Å². The van der Waals surface area contributed by atoms with Gasteiger partial charge in [-0.2, -0.15) is 0 Å². The first-order valence-corrected chi connectivity index (χ1v) is 9.89. The number of thiazole rings is 1. The van der Waals surface area contributed by atoms with Crippen LogP contribution in [0.5, 0.6) is 0 Å². The van der Waals surface area contributed by atoms with E-state index in [0.717, 1.165) is 21.8 Å². The molecule has 3 rings (SSSR count). The third-order valence-corrected chi connectivity index (χ3v) is 6.25. The predicted molar refractivity (Wildman–Crippen MR) is 108 cm³/mol. The number of carbonyl (C=O) groups is 2. The quantitative estimate of drug-likeness (QED) is 0.657. The highest BCUT2D eigenvalue weighted by Gasteiger charge is 2.22. The Hall–Kier alpha value is -2.71. The lowest BCUT2D eigenvalue weighted by molar-refractivity contribution is 0.0528. The van der Waals surface area contributed by atoms with Crippen LogP contribution >= 0.6 is 22.7 Å². The number of hydrogen-bond donors (Lipinski definition) is 1. The van der Waals surface area contributed by atoms with E-state index in [2.05, 4.69) is 5.32 Å². The highest BCUT2D eigenvalue weighted by atomic mass is 32.1. The van der Waals surface area contributed by atoms with Crippen LogP contribution in [0.15, 0.2) is 41.2 Å². The smallest absolute Gasteiger partial charge is 0.341 e. The zero-order valence-corrected chi connectivity index (χ0v) is 16.7. The van der Waals surface area contributed by atoms with Gasteiger partial charge in [0.25, 0.3) is 5.91 Å². The van der Waals surface area contributed by atoms with Crippen LogP contribution in [0.2, 0.25) is 0 Å². The standard InChI is InChI=1S/C19H18N2O4S2/c1-4-25-18(23)13-10-14(12-8-6-5-7-9-12)26-17(13)20-16(22)15-11(2)21(3)19(24)27-15/h5-10H,4H2,1-3H3,(H,20,22). The summed E-state index contributed by atoms with van der Waals surface area (Å²) >= 11 is 2.17. The number of benzene rings is 1. The number of rotatable bonds is 5. The first-order valence-electron chi connectivity index (χ1n) is 8.26.